The Balaban J connectivity index is 2.57. The average molecular weight is 223 g/mol. The summed E-state index contributed by atoms with van der Waals surface area (Å²) < 4.78 is 0. The van der Waals surface area contributed by atoms with Gasteiger partial charge >= 0.3 is 0 Å². The molecule has 0 saturated heterocycles. The fourth-order valence-electron chi connectivity index (χ4n) is 1.48. The Kier molecular flexibility index (Phi) is 5.17. The van der Waals surface area contributed by atoms with Gasteiger partial charge in [0, 0.05) is 11.6 Å². The largest absolute Gasteiger partial charge is 0.286 e. The molecule has 0 spiro atoms. The molecule has 1 rings (SSSR count). The SMILES string of the molecule is CCCN(CC#N)Cc1ccc(Cl)cc1. The van der Waals surface area contributed by atoms with E-state index >= 15 is 0 Å². The fourth-order valence-corrected chi connectivity index (χ4v) is 1.60. The van der Waals surface area contributed by atoms with Crippen molar-refractivity contribution in [2.45, 2.75) is 19.9 Å². The summed E-state index contributed by atoms with van der Waals surface area (Å²) in [6, 6.07) is 9.95. The van der Waals surface area contributed by atoms with E-state index < -0.39 is 0 Å². The predicted octanol–water partition coefficient (Wildman–Crippen LogP) is 3.08. The number of benzene rings is 1. The lowest BCUT2D eigenvalue weighted by atomic mass is 10.2. The topological polar surface area (TPSA) is 27.0 Å². The molecule has 0 fully saturated rings. The molecular formula is C12H15ClN2. The highest BCUT2D eigenvalue weighted by molar-refractivity contribution is 6.30. The predicted molar refractivity (Wildman–Crippen MR) is 62.6 cm³/mol. The van der Waals surface area contributed by atoms with Crippen LogP contribution in [0.2, 0.25) is 5.02 Å². The first-order valence-electron chi connectivity index (χ1n) is 5.10. The van der Waals surface area contributed by atoms with Gasteiger partial charge < -0.3 is 0 Å². The summed E-state index contributed by atoms with van der Waals surface area (Å²) in [6.45, 7) is 4.37. The van der Waals surface area contributed by atoms with Crippen LogP contribution in [0.25, 0.3) is 0 Å². The van der Waals surface area contributed by atoms with Crippen molar-refractivity contribution in [3.63, 3.8) is 0 Å². The quantitative estimate of drug-likeness (QED) is 0.716. The van der Waals surface area contributed by atoms with E-state index in [9.17, 15) is 0 Å². The van der Waals surface area contributed by atoms with Crippen molar-refractivity contribution in [3.05, 3.63) is 34.9 Å². The maximum absolute atomic E-state index is 8.67. The summed E-state index contributed by atoms with van der Waals surface area (Å²) >= 11 is 5.80. The Morgan fingerprint density at radius 3 is 2.53 bits per heavy atom. The number of hydrogen-bond acceptors (Lipinski definition) is 2. The molecule has 0 unspecified atom stereocenters. The van der Waals surface area contributed by atoms with Gasteiger partial charge in [0.2, 0.25) is 0 Å². The number of halogens is 1. The van der Waals surface area contributed by atoms with E-state index in [1.54, 1.807) is 0 Å². The molecule has 1 aromatic rings. The van der Waals surface area contributed by atoms with Crippen molar-refractivity contribution in [1.29, 1.82) is 5.26 Å². The first kappa shape index (κ1) is 12.0. The Bertz CT molecular complexity index is 326. The molecule has 0 atom stereocenters. The number of rotatable bonds is 5. The summed E-state index contributed by atoms with van der Waals surface area (Å²) in [5.74, 6) is 0. The van der Waals surface area contributed by atoms with Crippen molar-refractivity contribution in [2.24, 2.45) is 0 Å². The van der Waals surface area contributed by atoms with Crippen LogP contribution in [-0.4, -0.2) is 18.0 Å². The van der Waals surface area contributed by atoms with Gasteiger partial charge in [-0.1, -0.05) is 30.7 Å². The summed E-state index contributed by atoms with van der Waals surface area (Å²) in [5.41, 5.74) is 1.20. The summed E-state index contributed by atoms with van der Waals surface area (Å²) in [4.78, 5) is 2.13. The van der Waals surface area contributed by atoms with Crippen LogP contribution in [0.4, 0.5) is 0 Å². The minimum Gasteiger partial charge on any atom is -0.286 e. The second-order valence-corrected chi connectivity index (χ2v) is 3.93. The zero-order valence-electron chi connectivity index (χ0n) is 8.91. The molecule has 0 amide bonds. The second-order valence-electron chi connectivity index (χ2n) is 3.50. The van der Waals surface area contributed by atoms with E-state index in [2.05, 4.69) is 17.9 Å². The molecule has 0 heterocycles. The summed E-state index contributed by atoms with van der Waals surface area (Å²) in [5, 5.41) is 9.42. The van der Waals surface area contributed by atoms with E-state index in [1.807, 2.05) is 24.3 Å². The van der Waals surface area contributed by atoms with Gasteiger partial charge in [0.25, 0.3) is 0 Å². The molecule has 0 aromatic heterocycles. The van der Waals surface area contributed by atoms with E-state index in [4.69, 9.17) is 16.9 Å². The van der Waals surface area contributed by atoms with Crippen molar-refractivity contribution in [3.8, 4) is 6.07 Å². The van der Waals surface area contributed by atoms with Crippen LogP contribution in [0.15, 0.2) is 24.3 Å². The molecule has 0 N–H and O–H groups in total. The number of nitriles is 1. The second kappa shape index (κ2) is 6.44. The minimum atomic E-state index is 0.483. The maximum Gasteiger partial charge on any atom is 0.0868 e. The van der Waals surface area contributed by atoms with Crippen molar-refractivity contribution >= 4 is 11.6 Å². The van der Waals surface area contributed by atoms with Gasteiger partial charge in [-0.3, -0.25) is 4.90 Å². The van der Waals surface area contributed by atoms with Crippen molar-refractivity contribution < 1.29 is 0 Å². The van der Waals surface area contributed by atoms with Gasteiger partial charge in [-0.15, -0.1) is 0 Å². The minimum absolute atomic E-state index is 0.483. The van der Waals surface area contributed by atoms with Crippen molar-refractivity contribution in [1.82, 2.24) is 4.90 Å². The van der Waals surface area contributed by atoms with Gasteiger partial charge in [0.05, 0.1) is 12.6 Å². The zero-order valence-corrected chi connectivity index (χ0v) is 9.67. The van der Waals surface area contributed by atoms with Gasteiger partial charge in [0.1, 0.15) is 0 Å². The molecule has 3 heteroatoms. The highest BCUT2D eigenvalue weighted by Gasteiger charge is 2.03. The molecule has 0 radical (unpaired) electrons. The summed E-state index contributed by atoms with van der Waals surface area (Å²) in [6.07, 6.45) is 1.06. The smallest absolute Gasteiger partial charge is 0.0868 e. The lowest BCUT2D eigenvalue weighted by Crippen LogP contribution is -2.24. The third kappa shape index (κ3) is 4.33. The van der Waals surface area contributed by atoms with Crippen LogP contribution in [0.1, 0.15) is 18.9 Å². The van der Waals surface area contributed by atoms with E-state index in [0.29, 0.717) is 6.54 Å². The third-order valence-electron chi connectivity index (χ3n) is 2.15. The molecule has 2 nitrogen and oxygen atoms in total. The first-order chi connectivity index (χ1) is 7.26. The Labute approximate surface area is 96.1 Å². The van der Waals surface area contributed by atoms with E-state index in [-0.39, 0.29) is 0 Å². The number of hydrogen-bond donors (Lipinski definition) is 0. The molecule has 0 saturated carbocycles. The van der Waals surface area contributed by atoms with Crippen LogP contribution in [-0.2, 0) is 6.54 Å². The number of nitrogens with zero attached hydrogens (tertiary/aromatic N) is 2. The summed E-state index contributed by atoms with van der Waals surface area (Å²) in [7, 11) is 0. The van der Waals surface area contributed by atoms with Crippen LogP contribution in [0, 0.1) is 11.3 Å². The first-order valence-corrected chi connectivity index (χ1v) is 5.47. The van der Waals surface area contributed by atoms with Crippen LogP contribution in [0.5, 0.6) is 0 Å². The molecule has 15 heavy (non-hydrogen) atoms. The van der Waals surface area contributed by atoms with Crippen LogP contribution >= 0.6 is 11.6 Å². The molecule has 0 aliphatic heterocycles. The van der Waals surface area contributed by atoms with Crippen LogP contribution in [0.3, 0.4) is 0 Å². The van der Waals surface area contributed by atoms with Gasteiger partial charge in [-0.05, 0) is 30.7 Å². The average Bonchev–Trinajstić information content (AvgIpc) is 2.22. The molecule has 0 bridgehead atoms. The van der Waals surface area contributed by atoms with E-state index in [0.717, 1.165) is 24.5 Å². The molecule has 0 aliphatic carbocycles. The lowest BCUT2D eigenvalue weighted by molar-refractivity contribution is 0.298. The van der Waals surface area contributed by atoms with Crippen LogP contribution < -0.4 is 0 Å². The molecule has 0 aliphatic rings. The molecule has 80 valence electrons. The van der Waals surface area contributed by atoms with Gasteiger partial charge in [-0.2, -0.15) is 5.26 Å². The molecular weight excluding hydrogens is 208 g/mol. The monoisotopic (exact) mass is 222 g/mol. The third-order valence-corrected chi connectivity index (χ3v) is 2.41. The van der Waals surface area contributed by atoms with Crippen molar-refractivity contribution in [2.75, 3.05) is 13.1 Å². The molecule has 1 aromatic carbocycles. The highest BCUT2D eigenvalue weighted by atomic mass is 35.5. The highest BCUT2D eigenvalue weighted by Crippen LogP contribution is 2.11. The van der Waals surface area contributed by atoms with Gasteiger partial charge in [0.15, 0.2) is 0 Å². The Morgan fingerprint density at radius 1 is 1.33 bits per heavy atom. The van der Waals surface area contributed by atoms with Gasteiger partial charge in [-0.25, -0.2) is 0 Å². The fraction of sp³-hybridized carbons (Fsp3) is 0.417. The zero-order chi connectivity index (χ0) is 11.1. The normalized spacial score (nSPS) is 10.3. The Hall–Kier alpha value is -1.04. The Morgan fingerprint density at radius 2 is 2.00 bits per heavy atom. The maximum atomic E-state index is 8.67. The lowest BCUT2D eigenvalue weighted by Gasteiger charge is -2.17. The standard InChI is InChI=1S/C12H15ClN2/c1-2-8-15(9-7-14)10-11-3-5-12(13)6-4-11/h3-6H,2,8-10H2,1H3. The van der Waals surface area contributed by atoms with E-state index in [1.165, 1.54) is 5.56 Å².